The molecule has 0 saturated carbocycles. The van der Waals surface area contributed by atoms with Gasteiger partial charge in [0.05, 0.1) is 6.42 Å². The quantitative estimate of drug-likeness (QED) is 0.698. The first kappa shape index (κ1) is 15.2. The molecule has 102 valence electrons. The molecular formula is C14H18N2O2S. The Balaban J connectivity index is 2.49. The van der Waals surface area contributed by atoms with Crippen molar-refractivity contribution < 1.29 is 9.90 Å². The number of thiocarbonyl (C=S) groups is 1. The molecule has 0 aliphatic carbocycles. The van der Waals surface area contributed by atoms with Gasteiger partial charge in [-0.1, -0.05) is 31.2 Å². The minimum absolute atomic E-state index is 0.0328. The number of benzene rings is 1. The highest BCUT2D eigenvalue weighted by molar-refractivity contribution is 7.80. The average molecular weight is 278 g/mol. The van der Waals surface area contributed by atoms with E-state index in [0.717, 1.165) is 24.2 Å². The van der Waals surface area contributed by atoms with E-state index in [1.807, 2.05) is 24.3 Å². The normalized spacial score (nSPS) is 10.4. The van der Waals surface area contributed by atoms with E-state index >= 15 is 0 Å². The van der Waals surface area contributed by atoms with E-state index in [9.17, 15) is 4.79 Å². The third kappa shape index (κ3) is 6.57. The summed E-state index contributed by atoms with van der Waals surface area (Å²) in [4.78, 5) is 10.4. The Morgan fingerprint density at radius 3 is 2.63 bits per heavy atom. The molecule has 0 unspecified atom stereocenters. The van der Waals surface area contributed by atoms with Crippen molar-refractivity contribution in [1.82, 2.24) is 5.32 Å². The summed E-state index contributed by atoms with van der Waals surface area (Å²) in [6.45, 7) is 2.93. The molecule has 0 bridgehead atoms. The lowest BCUT2D eigenvalue weighted by Crippen LogP contribution is -2.28. The molecule has 5 heteroatoms. The van der Waals surface area contributed by atoms with Crippen LogP contribution in [0, 0.1) is 0 Å². The zero-order valence-corrected chi connectivity index (χ0v) is 11.7. The fourth-order valence-corrected chi connectivity index (χ4v) is 1.61. The molecular weight excluding hydrogens is 260 g/mol. The van der Waals surface area contributed by atoms with Gasteiger partial charge in [-0.25, -0.2) is 0 Å². The van der Waals surface area contributed by atoms with Crippen LogP contribution in [0.2, 0.25) is 0 Å². The van der Waals surface area contributed by atoms with E-state index in [1.54, 1.807) is 12.2 Å². The number of carbonyl (C=O) groups is 1. The van der Waals surface area contributed by atoms with Crippen LogP contribution in [0.4, 0.5) is 5.69 Å². The lowest BCUT2D eigenvalue weighted by molar-refractivity contribution is -0.135. The van der Waals surface area contributed by atoms with Crippen LogP contribution in [-0.4, -0.2) is 22.7 Å². The monoisotopic (exact) mass is 278 g/mol. The predicted octanol–water partition coefficient (Wildman–Crippen LogP) is 2.87. The SMILES string of the molecule is CCCNC(=S)Nc1ccc(/C=C/CC(=O)O)cc1. The van der Waals surface area contributed by atoms with Gasteiger partial charge in [-0.05, 0) is 36.3 Å². The molecule has 0 aromatic heterocycles. The third-order valence-corrected chi connectivity index (χ3v) is 2.55. The second kappa shape index (κ2) is 8.26. The molecule has 1 aromatic carbocycles. The molecule has 1 aromatic rings. The minimum atomic E-state index is -0.832. The Bertz CT molecular complexity index is 455. The number of carboxylic acids is 1. The molecule has 0 heterocycles. The maximum atomic E-state index is 10.4. The van der Waals surface area contributed by atoms with Gasteiger partial charge in [0.25, 0.3) is 0 Å². The molecule has 0 saturated heterocycles. The van der Waals surface area contributed by atoms with Crippen molar-refractivity contribution in [1.29, 1.82) is 0 Å². The molecule has 0 radical (unpaired) electrons. The maximum absolute atomic E-state index is 10.4. The summed E-state index contributed by atoms with van der Waals surface area (Å²) in [5.41, 5.74) is 1.86. The van der Waals surface area contributed by atoms with Gasteiger partial charge in [-0.15, -0.1) is 0 Å². The summed E-state index contributed by atoms with van der Waals surface area (Å²) in [5.74, 6) is -0.832. The zero-order chi connectivity index (χ0) is 14.1. The molecule has 0 atom stereocenters. The number of carboxylic acid groups (broad SMARTS) is 1. The highest BCUT2D eigenvalue weighted by Crippen LogP contribution is 2.11. The molecule has 19 heavy (non-hydrogen) atoms. The Hall–Kier alpha value is -1.88. The largest absolute Gasteiger partial charge is 0.481 e. The predicted molar refractivity (Wildman–Crippen MR) is 82.2 cm³/mol. The van der Waals surface area contributed by atoms with Gasteiger partial charge in [0.1, 0.15) is 0 Å². The summed E-state index contributed by atoms with van der Waals surface area (Å²) < 4.78 is 0. The van der Waals surface area contributed by atoms with Crippen LogP contribution in [0.3, 0.4) is 0 Å². The first-order valence-electron chi connectivity index (χ1n) is 6.15. The van der Waals surface area contributed by atoms with E-state index in [0.29, 0.717) is 5.11 Å². The summed E-state index contributed by atoms with van der Waals surface area (Å²) in [6, 6.07) is 7.62. The Labute approximate surface area is 118 Å². The molecule has 3 N–H and O–H groups in total. The Morgan fingerprint density at radius 1 is 1.37 bits per heavy atom. The number of rotatable bonds is 6. The van der Waals surface area contributed by atoms with Crippen molar-refractivity contribution in [2.45, 2.75) is 19.8 Å². The molecule has 0 aliphatic heterocycles. The van der Waals surface area contributed by atoms with Gasteiger partial charge in [-0.2, -0.15) is 0 Å². The summed E-state index contributed by atoms with van der Waals surface area (Å²) in [5, 5.41) is 15.3. The summed E-state index contributed by atoms with van der Waals surface area (Å²) >= 11 is 5.13. The van der Waals surface area contributed by atoms with Gasteiger partial charge in [-0.3, -0.25) is 4.79 Å². The molecule has 0 aliphatic rings. The van der Waals surface area contributed by atoms with Gasteiger partial charge in [0.15, 0.2) is 5.11 Å². The zero-order valence-electron chi connectivity index (χ0n) is 10.8. The van der Waals surface area contributed by atoms with E-state index < -0.39 is 5.97 Å². The molecule has 4 nitrogen and oxygen atoms in total. The van der Waals surface area contributed by atoms with Crippen LogP contribution in [-0.2, 0) is 4.79 Å². The Morgan fingerprint density at radius 2 is 2.05 bits per heavy atom. The minimum Gasteiger partial charge on any atom is -0.481 e. The standard InChI is InChI=1S/C14H18N2O2S/c1-2-10-15-14(19)16-12-8-6-11(7-9-12)4-3-5-13(17)18/h3-4,6-9H,2,5,10H2,1H3,(H,17,18)(H2,15,16,19)/b4-3+. The van der Waals surface area contributed by atoms with Crippen LogP contribution in [0.25, 0.3) is 6.08 Å². The van der Waals surface area contributed by atoms with Crippen molar-refractivity contribution in [2.75, 3.05) is 11.9 Å². The third-order valence-electron chi connectivity index (χ3n) is 2.31. The van der Waals surface area contributed by atoms with Crippen molar-refractivity contribution in [3.63, 3.8) is 0 Å². The van der Waals surface area contributed by atoms with Crippen LogP contribution < -0.4 is 10.6 Å². The molecule has 0 fully saturated rings. The van der Waals surface area contributed by atoms with Crippen molar-refractivity contribution in [3.05, 3.63) is 35.9 Å². The number of nitrogens with one attached hydrogen (secondary N) is 2. The van der Waals surface area contributed by atoms with Gasteiger partial charge in [0, 0.05) is 12.2 Å². The summed E-state index contributed by atoms with van der Waals surface area (Å²) in [7, 11) is 0. The van der Waals surface area contributed by atoms with Crippen LogP contribution >= 0.6 is 12.2 Å². The first-order valence-corrected chi connectivity index (χ1v) is 6.56. The lowest BCUT2D eigenvalue weighted by Gasteiger charge is -2.09. The number of hydrogen-bond donors (Lipinski definition) is 3. The van der Waals surface area contributed by atoms with Gasteiger partial charge in [0.2, 0.25) is 0 Å². The molecule has 1 rings (SSSR count). The highest BCUT2D eigenvalue weighted by Gasteiger charge is 1.96. The maximum Gasteiger partial charge on any atom is 0.307 e. The fraction of sp³-hybridized carbons (Fsp3) is 0.286. The van der Waals surface area contributed by atoms with Crippen molar-refractivity contribution >= 4 is 35.1 Å². The van der Waals surface area contributed by atoms with Gasteiger partial charge < -0.3 is 15.7 Å². The number of hydrogen-bond acceptors (Lipinski definition) is 2. The fourth-order valence-electron chi connectivity index (χ4n) is 1.39. The van der Waals surface area contributed by atoms with Crippen LogP contribution in [0.15, 0.2) is 30.3 Å². The van der Waals surface area contributed by atoms with Crippen molar-refractivity contribution in [2.24, 2.45) is 0 Å². The molecule has 0 spiro atoms. The van der Waals surface area contributed by atoms with Crippen molar-refractivity contribution in [3.8, 4) is 0 Å². The second-order valence-electron chi connectivity index (χ2n) is 4.00. The van der Waals surface area contributed by atoms with Crippen LogP contribution in [0.5, 0.6) is 0 Å². The first-order chi connectivity index (χ1) is 9.11. The van der Waals surface area contributed by atoms with E-state index in [4.69, 9.17) is 17.3 Å². The lowest BCUT2D eigenvalue weighted by atomic mass is 10.2. The summed E-state index contributed by atoms with van der Waals surface area (Å²) in [6.07, 6.45) is 4.46. The average Bonchev–Trinajstić information content (AvgIpc) is 2.38. The van der Waals surface area contributed by atoms with E-state index in [2.05, 4.69) is 17.6 Å². The van der Waals surface area contributed by atoms with E-state index in [-0.39, 0.29) is 6.42 Å². The number of aliphatic carboxylic acids is 1. The second-order valence-corrected chi connectivity index (χ2v) is 4.41. The Kier molecular flexibility index (Phi) is 6.60. The van der Waals surface area contributed by atoms with Gasteiger partial charge >= 0.3 is 5.97 Å². The van der Waals surface area contributed by atoms with E-state index in [1.165, 1.54) is 0 Å². The topological polar surface area (TPSA) is 61.4 Å². The number of anilines is 1. The molecule has 0 amide bonds. The smallest absolute Gasteiger partial charge is 0.307 e. The van der Waals surface area contributed by atoms with Crippen LogP contribution in [0.1, 0.15) is 25.3 Å². The highest BCUT2D eigenvalue weighted by atomic mass is 32.1.